The summed E-state index contributed by atoms with van der Waals surface area (Å²) in [7, 11) is 1.63. The van der Waals surface area contributed by atoms with E-state index in [0.717, 1.165) is 16.7 Å². The minimum atomic E-state index is -0.276. The number of aromatic hydroxyl groups is 1. The molecular formula is C14H20N2O3. The Morgan fingerprint density at radius 2 is 2.11 bits per heavy atom. The van der Waals surface area contributed by atoms with E-state index in [-0.39, 0.29) is 17.8 Å². The van der Waals surface area contributed by atoms with Gasteiger partial charge in [0, 0.05) is 19.2 Å². The molecule has 1 aromatic carbocycles. The fourth-order valence-electron chi connectivity index (χ4n) is 2.30. The third-order valence-electron chi connectivity index (χ3n) is 3.53. The van der Waals surface area contributed by atoms with Crippen LogP contribution in [0.2, 0.25) is 0 Å². The predicted octanol–water partition coefficient (Wildman–Crippen LogP) is 1.09. The highest BCUT2D eigenvalue weighted by Gasteiger charge is 2.32. The number of hydrogen-bond donors (Lipinski definition) is 2. The third-order valence-corrected chi connectivity index (χ3v) is 3.53. The van der Waals surface area contributed by atoms with Crippen LogP contribution in [0, 0.1) is 13.8 Å². The second-order valence-corrected chi connectivity index (χ2v) is 4.93. The van der Waals surface area contributed by atoms with Crippen LogP contribution in [-0.4, -0.2) is 42.7 Å². The Morgan fingerprint density at radius 3 is 2.79 bits per heavy atom. The smallest absolute Gasteiger partial charge is 0.235 e. The number of nitrogens with zero attached hydrogens (tertiary/aromatic N) is 1. The molecule has 1 amide bonds. The number of benzene rings is 1. The van der Waals surface area contributed by atoms with Crippen molar-refractivity contribution in [3.63, 3.8) is 0 Å². The molecule has 1 fully saturated rings. The van der Waals surface area contributed by atoms with Crippen LogP contribution in [0.4, 0.5) is 0 Å². The van der Waals surface area contributed by atoms with E-state index in [1.807, 2.05) is 24.8 Å². The first kappa shape index (κ1) is 13.8. The van der Waals surface area contributed by atoms with Crippen LogP contribution < -0.4 is 5.32 Å². The summed E-state index contributed by atoms with van der Waals surface area (Å²) in [4.78, 5) is 13.6. The molecule has 104 valence electrons. The lowest BCUT2D eigenvalue weighted by Gasteiger charge is -2.24. The monoisotopic (exact) mass is 264 g/mol. The Balaban J connectivity index is 2.28. The minimum Gasteiger partial charge on any atom is -0.508 e. The Bertz CT molecular complexity index is 488. The fraction of sp³-hybridized carbons (Fsp3) is 0.500. The Hall–Kier alpha value is -1.59. The van der Waals surface area contributed by atoms with Gasteiger partial charge in [-0.15, -0.1) is 0 Å². The topological polar surface area (TPSA) is 61.8 Å². The molecule has 1 aromatic rings. The first-order chi connectivity index (χ1) is 9.02. The van der Waals surface area contributed by atoms with Crippen LogP contribution in [0.25, 0.3) is 0 Å². The minimum absolute atomic E-state index is 0.0290. The normalized spacial score (nSPS) is 19.7. The Morgan fingerprint density at radius 1 is 1.42 bits per heavy atom. The molecule has 0 bridgehead atoms. The van der Waals surface area contributed by atoms with Crippen LogP contribution in [0.3, 0.4) is 0 Å². The molecule has 5 nitrogen and oxygen atoms in total. The van der Waals surface area contributed by atoms with E-state index < -0.39 is 0 Å². The molecule has 1 saturated heterocycles. The van der Waals surface area contributed by atoms with Crippen molar-refractivity contribution in [2.75, 3.05) is 26.8 Å². The van der Waals surface area contributed by atoms with Crippen molar-refractivity contribution in [2.24, 2.45) is 0 Å². The van der Waals surface area contributed by atoms with Crippen LogP contribution in [-0.2, 0) is 9.53 Å². The first-order valence-corrected chi connectivity index (χ1v) is 6.35. The second kappa shape index (κ2) is 5.59. The quantitative estimate of drug-likeness (QED) is 0.854. The lowest BCUT2D eigenvalue weighted by Crippen LogP contribution is -2.30. The largest absolute Gasteiger partial charge is 0.508 e. The zero-order valence-corrected chi connectivity index (χ0v) is 11.6. The fourth-order valence-corrected chi connectivity index (χ4v) is 2.30. The highest BCUT2D eigenvalue weighted by Crippen LogP contribution is 2.31. The molecule has 0 spiro atoms. The highest BCUT2D eigenvalue weighted by molar-refractivity contribution is 5.80. The van der Waals surface area contributed by atoms with Crippen LogP contribution >= 0.6 is 0 Å². The third kappa shape index (κ3) is 2.88. The number of methoxy groups -OCH3 is 1. The number of ether oxygens (including phenoxy) is 1. The Kier molecular flexibility index (Phi) is 4.07. The molecule has 2 rings (SSSR count). The first-order valence-electron chi connectivity index (χ1n) is 6.35. The number of hydrogen-bond acceptors (Lipinski definition) is 4. The summed E-state index contributed by atoms with van der Waals surface area (Å²) < 4.78 is 5.05. The molecule has 1 unspecified atom stereocenters. The summed E-state index contributed by atoms with van der Waals surface area (Å²) in [6.07, 6.45) is -0.276. The molecule has 0 aromatic heterocycles. The average Bonchev–Trinajstić information content (AvgIpc) is 2.72. The molecule has 5 heteroatoms. The van der Waals surface area contributed by atoms with Crippen molar-refractivity contribution in [3.8, 4) is 5.75 Å². The molecular weight excluding hydrogens is 244 g/mol. The van der Waals surface area contributed by atoms with E-state index in [1.54, 1.807) is 13.2 Å². The van der Waals surface area contributed by atoms with E-state index in [2.05, 4.69) is 5.32 Å². The number of phenols is 1. The number of amides is 1. The molecule has 0 aliphatic carbocycles. The van der Waals surface area contributed by atoms with Crippen molar-refractivity contribution in [1.82, 2.24) is 10.2 Å². The molecule has 0 radical (unpaired) electrons. The van der Waals surface area contributed by atoms with E-state index in [1.165, 1.54) is 0 Å². The molecule has 1 aliphatic rings. The van der Waals surface area contributed by atoms with E-state index in [4.69, 9.17) is 4.74 Å². The Labute approximate surface area is 113 Å². The van der Waals surface area contributed by atoms with Gasteiger partial charge in [-0.25, -0.2) is 0 Å². The maximum Gasteiger partial charge on any atom is 0.235 e. The van der Waals surface area contributed by atoms with Crippen molar-refractivity contribution in [2.45, 2.75) is 20.0 Å². The van der Waals surface area contributed by atoms with Crippen LogP contribution in [0.1, 0.15) is 22.9 Å². The predicted molar refractivity (Wildman–Crippen MR) is 71.9 cm³/mol. The second-order valence-electron chi connectivity index (χ2n) is 4.93. The van der Waals surface area contributed by atoms with Gasteiger partial charge in [0.1, 0.15) is 11.9 Å². The highest BCUT2D eigenvalue weighted by atomic mass is 16.5. The van der Waals surface area contributed by atoms with Crippen molar-refractivity contribution >= 4 is 5.91 Å². The summed E-state index contributed by atoms with van der Waals surface area (Å²) in [5.74, 6) is 0.191. The molecule has 0 saturated carbocycles. The number of carbonyl (C=O) groups excluding carboxylic acids is 1. The molecule has 1 atom stereocenters. The summed E-state index contributed by atoms with van der Waals surface area (Å²) in [5.41, 5.74) is 2.87. The van der Waals surface area contributed by atoms with Crippen molar-refractivity contribution in [1.29, 1.82) is 0 Å². The zero-order valence-electron chi connectivity index (χ0n) is 11.6. The summed E-state index contributed by atoms with van der Waals surface area (Å²) in [6, 6.07) is 3.67. The van der Waals surface area contributed by atoms with Gasteiger partial charge in [0.05, 0.1) is 13.2 Å². The van der Waals surface area contributed by atoms with Crippen molar-refractivity contribution in [3.05, 3.63) is 28.8 Å². The number of carbonyl (C=O) groups is 1. The van der Waals surface area contributed by atoms with E-state index in [9.17, 15) is 9.90 Å². The SMILES string of the molecule is COCCN1CC(=O)NC1c1cc(C)c(C)cc1O. The van der Waals surface area contributed by atoms with Gasteiger partial charge in [-0.1, -0.05) is 0 Å². The molecule has 19 heavy (non-hydrogen) atoms. The molecule has 1 aliphatic heterocycles. The van der Waals surface area contributed by atoms with Gasteiger partial charge in [0.15, 0.2) is 0 Å². The standard InChI is InChI=1S/C14H20N2O3/c1-9-6-11(12(17)7-10(9)2)14-15-13(18)8-16(14)4-5-19-3/h6-7,14,17H,4-5,8H2,1-3H3,(H,15,18). The van der Waals surface area contributed by atoms with E-state index >= 15 is 0 Å². The average molecular weight is 264 g/mol. The summed E-state index contributed by atoms with van der Waals surface area (Å²) in [5, 5.41) is 13.0. The maximum atomic E-state index is 11.6. The van der Waals surface area contributed by atoms with Gasteiger partial charge in [-0.2, -0.15) is 0 Å². The molecule has 2 N–H and O–H groups in total. The van der Waals surface area contributed by atoms with Crippen LogP contribution in [0.15, 0.2) is 12.1 Å². The lowest BCUT2D eigenvalue weighted by atomic mass is 10.0. The van der Waals surface area contributed by atoms with Gasteiger partial charge in [0.2, 0.25) is 5.91 Å². The number of aryl methyl sites for hydroxylation is 2. The van der Waals surface area contributed by atoms with Crippen LogP contribution in [0.5, 0.6) is 5.75 Å². The van der Waals surface area contributed by atoms with E-state index in [0.29, 0.717) is 19.7 Å². The lowest BCUT2D eigenvalue weighted by molar-refractivity contribution is -0.118. The van der Waals surface area contributed by atoms with Gasteiger partial charge < -0.3 is 15.2 Å². The van der Waals surface area contributed by atoms with Gasteiger partial charge in [-0.05, 0) is 37.1 Å². The zero-order chi connectivity index (χ0) is 14.0. The van der Waals surface area contributed by atoms with Gasteiger partial charge in [0.25, 0.3) is 0 Å². The summed E-state index contributed by atoms with van der Waals surface area (Å²) in [6.45, 7) is 5.48. The van der Waals surface area contributed by atoms with Crippen molar-refractivity contribution < 1.29 is 14.6 Å². The number of nitrogens with one attached hydrogen (secondary N) is 1. The number of rotatable bonds is 4. The maximum absolute atomic E-state index is 11.6. The van der Waals surface area contributed by atoms with Gasteiger partial charge >= 0.3 is 0 Å². The molecule has 1 heterocycles. The summed E-state index contributed by atoms with van der Waals surface area (Å²) >= 11 is 0. The van der Waals surface area contributed by atoms with Gasteiger partial charge in [-0.3, -0.25) is 9.69 Å². The number of phenolic OH excluding ortho intramolecular Hbond substituents is 1.